The van der Waals surface area contributed by atoms with Gasteiger partial charge in [-0.05, 0) is 18.8 Å². The Bertz CT molecular complexity index is 301. The van der Waals surface area contributed by atoms with E-state index in [9.17, 15) is 0 Å². The number of thiol groups is 1. The molecule has 0 spiro atoms. The van der Waals surface area contributed by atoms with Crippen molar-refractivity contribution in [1.29, 1.82) is 0 Å². The molecule has 0 aliphatic rings. The van der Waals surface area contributed by atoms with Crippen molar-refractivity contribution < 1.29 is 0 Å². The van der Waals surface area contributed by atoms with Crippen LogP contribution < -0.4 is 0 Å². The average Bonchev–Trinajstić information content (AvgIpc) is 2.64. The van der Waals surface area contributed by atoms with Crippen molar-refractivity contribution in [3.05, 3.63) is 15.6 Å². The van der Waals surface area contributed by atoms with E-state index < -0.39 is 0 Å². The van der Waals surface area contributed by atoms with Gasteiger partial charge in [-0.3, -0.25) is 0 Å². The summed E-state index contributed by atoms with van der Waals surface area (Å²) >= 11 is 6.24. The molecular weight excluding hydrogens is 222 g/mol. The third-order valence-corrected chi connectivity index (χ3v) is 4.53. The maximum absolute atomic E-state index is 4.79. The van der Waals surface area contributed by atoms with Crippen molar-refractivity contribution >= 4 is 24.0 Å². The fourth-order valence-corrected chi connectivity index (χ4v) is 3.46. The van der Waals surface area contributed by atoms with Gasteiger partial charge in [-0.2, -0.15) is 12.6 Å². The van der Waals surface area contributed by atoms with Gasteiger partial charge in [0.15, 0.2) is 0 Å². The van der Waals surface area contributed by atoms with Crippen LogP contribution in [0.4, 0.5) is 0 Å². The van der Waals surface area contributed by atoms with Crippen LogP contribution in [0.5, 0.6) is 0 Å². The maximum Gasteiger partial charge on any atom is 0.0962 e. The first kappa shape index (κ1) is 13.0. The van der Waals surface area contributed by atoms with Gasteiger partial charge in [0.05, 0.1) is 10.7 Å². The minimum absolute atomic E-state index is 0.520. The van der Waals surface area contributed by atoms with Crippen molar-refractivity contribution in [2.24, 2.45) is 0 Å². The fourth-order valence-electron chi connectivity index (χ4n) is 1.76. The molecule has 0 aliphatic carbocycles. The summed E-state index contributed by atoms with van der Waals surface area (Å²) in [6.07, 6.45) is 2.38. The summed E-state index contributed by atoms with van der Waals surface area (Å²) in [6, 6.07) is 0. The molecule has 1 aromatic heterocycles. The van der Waals surface area contributed by atoms with Crippen LogP contribution in [0.2, 0.25) is 0 Å². The molecule has 1 rings (SSSR count). The molecule has 0 saturated carbocycles. The molecule has 0 amide bonds. The summed E-state index contributed by atoms with van der Waals surface area (Å²) in [7, 11) is 0. The minimum Gasteiger partial charge on any atom is -0.245 e. The zero-order chi connectivity index (χ0) is 11.4. The van der Waals surface area contributed by atoms with Crippen LogP contribution in [-0.2, 0) is 5.75 Å². The van der Waals surface area contributed by atoms with Crippen LogP contribution >= 0.6 is 24.0 Å². The first-order valence-electron chi connectivity index (χ1n) is 5.74. The number of hydrogen-bond donors (Lipinski definition) is 1. The summed E-state index contributed by atoms with van der Waals surface area (Å²) in [6.45, 7) is 8.90. The molecule has 0 radical (unpaired) electrons. The zero-order valence-corrected chi connectivity index (χ0v) is 11.8. The van der Waals surface area contributed by atoms with E-state index in [1.165, 1.54) is 28.4 Å². The molecule has 0 aromatic carbocycles. The molecule has 0 N–H and O–H groups in total. The lowest BCUT2D eigenvalue weighted by Crippen LogP contribution is -1.96. The van der Waals surface area contributed by atoms with Crippen LogP contribution in [0.15, 0.2) is 0 Å². The van der Waals surface area contributed by atoms with Gasteiger partial charge in [-0.25, -0.2) is 4.98 Å². The highest BCUT2D eigenvalue weighted by molar-refractivity contribution is 7.79. The van der Waals surface area contributed by atoms with Crippen LogP contribution in [0.25, 0.3) is 0 Å². The van der Waals surface area contributed by atoms with E-state index in [0.717, 1.165) is 5.75 Å². The molecule has 1 nitrogen and oxygen atoms in total. The fraction of sp³-hybridized carbons (Fsp3) is 0.750. The van der Waals surface area contributed by atoms with Crippen molar-refractivity contribution in [1.82, 2.24) is 4.98 Å². The number of thiazole rings is 1. The summed E-state index contributed by atoms with van der Waals surface area (Å²) in [5, 5.41) is 1.31. The Labute approximate surface area is 103 Å². The Hall–Kier alpha value is -0.0200. The van der Waals surface area contributed by atoms with E-state index in [0.29, 0.717) is 11.8 Å². The van der Waals surface area contributed by atoms with E-state index in [-0.39, 0.29) is 0 Å². The lowest BCUT2D eigenvalue weighted by atomic mass is 10.0. The Morgan fingerprint density at radius 2 is 1.87 bits per heavy atom. The number of nitrogens with zero attached hydrogens (tertiary/aromatic N) is 1. The Morgan fingerprint density at radius 3 is 2.20 bits per heavy atom. The predicted molar refractivity (Wildman–Crippen MR) is 72.2 cm³/mol. The predicted octanol–water partition coefficient (Wildman–Crippen LogP) is 4.60. The highest BCUT2D eigenvalue weighted by atomic mass is 32.1. The topological polar surface area (TPSA) is 12.9 Å². The number of hydrogen-bond acceptors (Lipinski definition) is 3. The maximum atomic E-state index is 4.79. The zero-order valence-electron chi connectivity index (χ0n) is 10.1. The van der Waals surface area contributed by atoms with Crippen LogP contribution in [0.1, 0.15) is 68.0 Å². The average molecular weight is 243 g/mol. The van der Waals surface area contributed by atoms with Crippen molar-refractivity contribution in [2.45, 2.75) is 58.1 Å². The Morgan fingerprint density at radius 1 is 1.27 bits per heavy atom. The van der Waals surface area contributed by atoms with Crippen molar-refractivity contribution in [3.63, 3.8) is 0 Å². The smallest absolute Gasteiger partial charge is 0.0962 e. The molecule has 1 heterocycles. The third kappa shape index (κ3) is 2.97. The second kappa shape index (κ2) is 5.90. The monoisotopic (exact) mass is 243 g/mol. The molecule has 0 bridgehead atoms. The lowest BCUT2D eigenvalue weighted by molar-refractivity contribution is 0.632. The molecule has 86 valence electrons. The van der Waals surface area contributed by atoms with Crippen LogP contribution in [0, 0.1) is 0 Å². The van der Waals surface area contributed by atoms with Gasteiger partial charge in [-0.15, -0.1) is 11.3 Å². The summed E-state index contributed by atoms with van der Waals surface area (Å²) in [5.41, 5.74) is 1.26. The standard InChI is InChI=1S/C12H21NS2/c1-5-9(6-2)12-13-11(8(3)4)10(7-14)15-12/h8-9,14H,5-7H2,1-4H3. The largest absolute Gasteiger partial charge is 0.245 e. The van der Waals surface area contributed by atoms with Gasteiger partial charge in [-0.1, -0.05) is 27.7 Å². The number of aromatic nitrogens is 1. The first-order valence-corrected chi connectivity index (χ1v) is 7.19. The van der Waals surface area contributed by atoms with E-state index in [4.69, 9.17) is 4.98 Å². The van der Waals surface area contributed by atoms with Crippen LogP contribution in [-0.4, -0.2) is 4.98 Å². The molecule has 1 aromatic rings. The van der Waals surface area contributed by atoms with Crippen molar-refractivity contribution in [3.8, 4) is 0 Å². The van der Waals surface area contributed by atoms with E-state index in [1.807, 2.05) is 11.3 Å². The second-order valence-corrected chi connectivity index (χ2v) is 5.62. The molecule has 0 aliphatic heterocycles. The normalized spacial score (nSPS) is 11.7. The van der Waals surface area contributed by atoms with E-state index in [2.05, 4.69) is 40.3 Å². The second-order valence-electron chi connectivity index (χ2n) is 4.19. The molecule has 0 unspecified atom stereocenters. The van der Waals surface area contributed by atoms with Gasteiger partial charge in [0.2, 0.25) is 0 Å². The minimum atomic E-state index is 0.520. The van der Waals surface area contributed by atoms with Crippen LogP contribution in [0.3, 0.4) is 0 Å². The Balaban J connectivity index is 3.01. The Kier molecular flexibility index (Phi) is 5.13. The summed E-state index contributed by atoms with van der Waals surface area (Å²) in [5.74, 6) is 1.98. The van der Waals surface area contributed by atoms with Gasteiger partial charge >= 0.3 is 0 Å². The summed E-state index contributed by atoms with van der Waals surface area (Å²) in [4.78, 5) is 6.15. The van der Waals surface area contributed by atoms with Gasteiger partial charge in [0, 0.05) is 16.5 Å². The molecule has 3 heteroatoms. The first-order chi connectivity index (χ1) is 7.13. The van der Waals surface area contributed by atoms with Crippen molar-refractivity contribution in [2.75, 3.05) is 0 Å². The molecule has 0 fully saturated rings. The quantitative estimate of drug-likeness (QED) is 0.746. The molecular formula is C12H21NS2. The molecule has 0 atom stereocenters. The van der Waals surface area contributed by atoms with Gasteiger partial charge < -0.3 is 0 Å². The molecule has 15 heavy (non-hydrogen) atoms. The highest BCUT2D eigenvalue weighted by Crippen LogP contribution is 2.33. The third-order valence-electron chi connectivity index (χ3n) is 2.77. The lowest BCUT2D eigenvalue weighted by Gasteiger charge is -2.07. The van der Waals surface area contributed by atoms with E-state index in [1.54, 1.807) is 0 Å². The highest BCUT2D eigenvalue weighted by Gasteiger charge is 2.17. The molecule has 0 saturated heterocycles. The van der Waals surface area contributed by atoms with E-state index >= 15 is 0 Å². The summed E-state index contributed by atoms with van der Waals surface area (Å²) < 4.78 is 0. The SMILES string of the molecule is CCC(CC)c1nc(C(C)C)c(CS)s1. The van der Waals surface area contributed by atoms with Gasteiger partial charge in [0.25, 0.3) is 0 Å². The van der Waals surface area contributed by atoms with Gasteiger partial charge in [0.1, 0.15) is 0 Å². The number of rotatable bonds is 5.